The number of H-pyrrole nitrogens is 1. The van der Waals surface area contributed by atoms with Crippen LogP contribution in [0.2, 0.25) is 0 Å². The van der Waals surface area contributed by atoms with Gasteiger partial charge in [-0.1, -0.05) is 0 Å². The normalized spacial score (nSPS) is 10.9. The van der Waals surface area contributed by atoms with Crippen molar-refractivity contribution in [3.8, 4) is 11.5 Å². The highest BCUT2D eigenvalue weighted by molar-refractivity contribution is 5.92. The molecule has 68 valence electrons. The molecule has 0 saturated carbocycles. The van der Waals surface area contributed by atoms with Crippen LogP contribution in [0.1, 0.15) is 11.3 Å². The molecule has 1 aromatic heterocycles. The maximum Gasteiger partial charge on any atom is 0.167 e. The lowest BCUT2D eigenvalue weighted by Gasteiger charge is -1.99. The lowest BCUT2D eigenvalue weighted by Crippen LogP contribution is -1.73. The molecule has 0 unspecified atom stereocenters. The quantitative estimate of drug-likeness (QED) is 0.540. The second kappa shape index (κ2) is 2.42. The van der Waals surface area contributed by atoms with Crippen molar-refractivity contribution in [3.05, 3.63) is 23.4 Å². The zero-order chi connectivity index (χ0) is 9.59. The molecule has 0 radical (unpaired) electrons. The molecular formula is C10H11NO2. The van der Waals surface area contributed by atoms with E-state index >= 15 is 0 Å². The van der Waals surface area contributed by atoms with Gasteiger partial charge in [-0.3, -0.25) is 0 Å². The number of aromatic hydroxyl groups is 2. The third-order valence-electron chi connectivity index (χ3n) is 2.42. The predicted molar refractivity (Wildman–Crippen MR) is 51.1 cm³/mol. The highest BCUT2D eigenvalue weighted by Crippen LogP contribution is 2.36. The standard InChI is InChI=1S/C10H11NO2/c1-5-6(2)11-7-3-4-8(12)10(13)9(5)7/h3-4,11-13H,1-2H3. The van der Waals surface area contributed by atoms with Gasteiger partial charge >= 0.3 is 0 Å². The maximum absolute atomic E-state index is 9.58. The third kappa shape index (κ3) is 0.967. The van der Waals surface area contributed by atoms with Gasteiger partial charge in [-0.15, -0.1) is 0 Å². The first-order valence-corrected chi connectivity index (χ1v) is 4.11. The first-order chi connectivity index (χ1) is 6.11. The zero-order valence-corrected chi connectivity index (χ0v) is 7.55. The van der Waals surface area contributed by atoms with Gasteiger partial charge in [-0.25, -0.2) is 0 Å². The largest absolute Gasteiger partial charge is 0.504 e. The van der Waals surface area contributed by atoms with Crippen molar-refractivity contribution in [1.82, 2.24) is 4.98 Å². The van der Waals surface area contributed by atoms with Crippen molar-refractivity contribution in [3.63, 3.8) is 0 Å². The van der Waals surface area contributed by atoms with E-state index in [0.717, 1.165) is 16.8 Å². The molecule has 0 bridgehead atoms. The molecule has 0 fully saturated rings. The van der Waals surface area contributed by atoms with Gasteiger partial charge in [0.1, 0.15) is 0 Å². The molecular weight excluding hydrogens is 166 g/mol. The molecule has 0 saturated heterocycles. The fourth-order valence-electron chi connectivity index (χ4n) is 1.55. The second-order valence-corrected chi connectivity index (χ2v) is 3.23. The molecule has 13 heavy (non-hydrogen) atoms. The van der Waals surface area contributed by atoms with Gasteiger partial charge in [-0.2, -0.15) is 0 Å². The predicted octanol–water partition coefficient (Wildman–Crippen LogP) is 2.20. The molecule has 0 spiro atoms. The van der Waals surface area contributed by atoms with Crippen LogP contribution in [-0.4, -0.2) is 15.2 Å². The Morgan fingerprint density at radius 2 is 1.85 bits per heavy atom. The fraction of sp³-hybridized carbons (Fsp3) is 0.200. The highest BCUT2D eigenvalue weighted by Gasteiger charge is 2.11. The molecule has 0 aliphatic rings. The summed E-state index contributed by atoms with van der Waals surface area (Å²) < 4.78 is 0. The van der Waals surface area contributed by atoms with Gasteiger partial charge in [0.2, 0.25) is 0 Å². The topological polar surface area (TPSA) is 56.2 Å². The van der Waals surface area contributed by atoms with Crippen molar-refractivity contribution in [2.75, 3.05) is 0 Å². The number of rotatable bonds is 0. The van der Waals surface area contributed by atoms with E-state index in [1.54, 1.807) is 6.07 Å². The monoisotopic (exact) mass is 177 g/mol. The summed E-state index contributed by atoms with van der Waals surface area (Å²) in [5.74, 6) is -0.117. The molecule has 0 atom stereocenters. The Kier molecular flexibility index (Phi) is 1.49. The van der Waals surface area contributed by atoms with E-state index in [1.165, 1.54) is 6.07 Å². The number of hydrogen-bond acceptors (Lipinski definition) is 2. The minimum atomic E-state index is -0.0744. The Morgan fingerprint density at radius 3 is 2.54 bits per heavy atom. The Balaban J connectivity index is 2.97. The SMILES string of the molecule is Cc1[nH]c2ccc(O)c(O)c2c1C. The van der Waals surface area contributed by atoms with E-state index in [9.17, 15) is 10.2 Å². The number of benzene rings is 1. The molecule has 3 nitrogen and oxygen atoms in total. The maximum atomic E-state index is 9.58. The second-order valence-electron chi connectivity index (χ2n) is 3.23. The van der Waals surface area contributed by atoms with Crippen LogP contribution in [0.15, 0.2) is 12.1 Å². The zero-order valence-electron chi connectivity index (χ0n) is 7.55. The molecule has 2 rings (SSSR count). The van der Waals surface area contributed by atoms with Crippen molar-refractivity contribution in [2.24, 2.45) is 0 Å². The number of aryl methyl sites for hydroxylation is 2. The fourth-order valence-corrected chi connectivity index (χ4v) is 1.55. The van der Waals surface area contributed by atoms with Gasteiger partial charge in [0, 0.05) is 16.6 Å². The van der Waals surface area contributed by atoms with Crippen LogP contribution in [0.25, 0.3) is 10.9 Å². The lowest BCUT2D eigenvalue weighted by atomic mass is 10.1. The van der Waals surface area contributed by atoms with Crippen molar-refractivity contribution >= 4 is 10.9 Å². The summed E-state index contributed by atoms with van der Waals surface area (Å²) >= 11 is 0. The summed E-state index contributed by atoms with van der Waals surface area (Å²) in [6, 6.07) is 3.23. The van der Waals surface area contributed by atoms with Crippen LogP contribution in [0.5, 0.6) is 11.5 Å². The lowest BCUT2D eigenvalue weighted by molar-refractivity contribution is 0.408. The molecule has 0 aliphatic carbocycles. The van der Waals surface area contributed by atoms with E-state index < -0.39 is 0 Å². The first-order valence-electron chi connectivity index (χ1n) is 4.11. The molecule has 0 amide bonds. The number of phenols is 2. The van der Waals surface area contributed by atoms with Crippen LogP contribution in [0.4, 0.5) is 0 Å². The average Bonchev–Trinajstić information content (AvgIpc) is 2.37. The van der Waals surface area contributed by atoms with Crippen molar-refractivity contribution in [2.45, 2.75) is 13.8 Å². The van der Waals surface area contributed by atoms with Gasteiger partial charge in [-0.05, 0) is 31.5 Å². The minimum absolute atomic E-state index is 0.0423. The van der Waals surface area contributed by atoms with E-state index in [4.69, 9.17) is 0 Å². The van der Waals surface area contributed by atoms with Gasteiger partial charge in [0.05, 0.1) is 0 Å². The van der Waals surface area contributed by atoms with E-state index in [-0.39, 0.29) is 11.5 Å². The van der Waals surface area contributed by atoms with Crippen molar-refractivity contribution < 1.29 is 10.2 Å². The Morgan fingerprint density at radius 1 is 1.15 bits per heavy atom. The van der Waals surface area contributed by atoms with Crippen LogP contribution < -0.4 is 0 Å². The number of aromatic amines is 1. The first kappa shape index (κ1) is 7.98. The van der Waals surface area contributed by atoms with Crippen LogP contribution >= 0.6 is 0 Å². The van der Waals surface area contributed by atoms with E-state index in [1.807, 2.05) is 13.8 Å². The smallest absolute Gasteiger partial charge is 0.167 e. The van der Waals surface area contributed by atoms with Gasteiger partial charge in [0.15, 0.2) is 11.5 Å². The number of fused-ring (bicyclic) bond motifs is 1. The molecule has 3 N–H and O–H groups in total. The van der Waals surface area contributed by atoms with E-state index in [0.29, 0.717) is 5.39 Å². The van der Waals surface area contributed by atoms with Gasteiger partial charge in [0.25, 0.3) is 0 Å². The highest BCUT2D eigenvalue weighted by atomic mass is 16.3. The summed E-state index contributed by atoms with van der Waals surface area (Å²) in [6.07, 6.45) is 0. The molecule has 1 heterocycles. The number of hydrogen-bond donors (Lipinski definition) is 3. The van der Waals surface area contributed by atoms with E-state index in [2.05, 4.69) is 4.98 Å². The Labute approximate surface area is 75.6 Å². The molecule has 1 aromatic carbocycles. The summed E-state index contributed by atoms with van der Waals surface area (Å²) in [7, 11) is 0. The number of nitrogens with one attached hydrogen (secondary N) is 1. The van der Waals surface area contributed by atoms with Crippen molar-refractivity contribution in [1.29, 1.82) is 0 Å². The summed E-state index contributed by atoms with van der Waals surface area (Å²) in [5, 5.41) is 19.6. The van der Waals surface area contributed by atoms with Crippen LogP contribution in [-0.2, 0) is 0 Å². The van der Waals surface area contributed by atoms with Crippen LogP contribution in [0, 0.1) is 13.8 Å². The van der Waals surface area contributed by atoms with Crippen LogP contribution in [0.3, 0.4) is 0 Å². The Bertz CT molecular complexity index is 471. The minimum Gasteiger partial charge on any atom is -0.504 e. The average molecular weight is 177 g/mol. The molecule has 0 aliphatic heterocycles. The molecule has 2 aromatic rings. The molecule has 3 heteroatoms. The summed E-state index contributed by atoms with van der Waals surface area (Å²) in [6.45, 7) is 3.85. The summed E-state index contributed by atoms with van der Waals surface area (Å²) in [5.41, 5.74) is 2.84. The number of aromatic nitrogens is 1. The third-order valence-corrected chi connectivity index (χ3v) is 2.42. The Hall–Kier alpha value is -1.64. The summed E-state index contributed by atoms with van der Waals surface area (Å²) in [4.78, 5) is 3.12. The van der Waals surface area contributed by atoms with Gasteiger partial charge < -0.3 is 15.2 Å². The number of phenolic OH excluding ortho intramolecular Hbond substituents is 2.